The van der Waals surface area contributed by atoms with Crippen LogP contribution in [0.4, 0.5) is 17.2 Å². The molecule has 1 saturated heterocycles. The van der Waals surface area contributed by atoms with E-state index in [-0.39, 0.29) is 11.7 Å². The summed E-state index contributed by atoms with van der Waals surface area (Å²) in [6.45, 7) is 3.71. The van der Waals surface area contributed by atoms with Crippen LogP contribution in [0.15, 0.2) is 24.7 Å². The van der Waals surface area contributed by atoms with Crippen molar-refractivity contribution in [2.75, 3.05) is 23.3 Å². The van der Waals surface area contributed by atoms with Crippen LogP contribution in [0.5, 0.6) is 0 Å². The average Bonchev–Trinajstić information content (AvgIpc) is 2.96. The lowest BCUT2D eigenvalue weighted by atomic mass is 10.1. The van der Waals surface area contributed by atoms with Gasteiger partial charge >= 0.3 is 0 Å². The lowest BCUT2D eigenvalue weighted by Crippen LogP contribution is -2.42. The molecule has 1 aliphatic rings. The van der Waals surface area contributed by atoms with Crippen LogP contribution in [-0.4, -0.2) is 38.8 Å². The summed E-state index contributed by atoms with van der Waals surface area (Å²) in [5.74, 6) is 0.716. The lowest BCUT2D eigenvalue weighted by molar-refractivity contribution is -0.385. The van der Waals surface area contributed by atoms with Crippen LogP contribution in [0.3, 0.4) is 0 Å². The number of aromatic nitrogens is 3. The minimum atomic E-state index is -0.422. The number of nitrogens with zero attached hydrogens (tertiary/aromatic N) is 5. The highest BCUT2D eigenvalue weighted by Gasteiger charge is 2.22. The molecule has 2 aromatic heterocycles. The maximum absolute atomic E-state index is 10.8. The molecule has 0 aromatic carbocycles. The highest BCUT2D eigenvalue weighted by atomic mass is 16.6. The van der Waals surface area contributed by atoms with E-state index in [9.17, 15) is 10.1 Å². The monoisotopic (exact) mass is 316 g/mol. The van der Waals surface area contributed by atoms with Crippen molar-refractivity contribution < 1.29 is 4.92 Å². The number of hydrogen-bond donors (Lipinski definition) is 1. The third-order valence-corrected chi connectivity index (χ3v) is 4.09. The standard InChI is InChI=1S/C15H20N6O2/c1-11-6-13(21(22)23)7-16-15(11)18-12-4-3-5-20(9-12)14-8-17-19(2)10-14/h6-8,10,12H,3-5,9H2,1-2H3,(H,16,18). The van der Waals surface area contributed by atoms with Crippen molar-refractivity contribution in [1.29, 1.82) is 0 Å². The van der Waals surface area contributed by atoms with Crippen LogP contribution in [0, 0.1) is 17.0 Å². The van der Waals surface area contributed by atoms with Gasteiger partial charge < -0.3 is 10.2 Å². The number of rotatable bonds is 4. The van der Waals surface area contributed by atoms with Crippen molar-refractivity contribution in [2.45, 2.75) is 25.8 Å². The Balaban J connectivity index is 1.69. The van der Waals surface area contributed by atoms with Crippen molar-refractivity contribution in [1.82, 2.24) is 14.8 Å². The summed E-state index contributed by atoms with van der Waals surface area (Å²) < 4.78 is 1.80. The number of anilines is 2. The Hall–Kier alpha value is -2.64. The normalized spacial score (nSPS) is 18.0. The molecule has 1 atom stereocenters. The van der Waals surface area contributed by atoms with E-state index in [0.29, 0.717) is 5.82 Å². The maximum atomic E-state index is 10.8. The Morgan fingerprint density at radius 1 is 1.43 bits per heavy atom. The maximum Gasteiger partial charge on any atom is 0.287 e. The predicted octanol–water partition coefficient (Wildman–Crippen LogP) is 2.11. The molecule has 0 radical (unpaired) electrons. The van der Waals surface area contributed by atoms with Crippen LogP contribution < -0.4 is 10.2 Å². The second-order valence-electron chi connectivity index (χ2n) is 5.92. The van der Waals surface area contributed by atoms with Gasteiger partial charge in [0.05, 0.1) is 16.8 Å². The van der Waals surface area contributed by atoms with E-state index < -0.39 is 4.92 Å². The summed E-state index contributed by atoms with van der Waals surface area (Å²) in [7, 11) is 1.91. The molecular weight excluding hydrogens is 296 g/mol. The molecule has 1 aliphatic heterocycles. The van der Waals surface area contributed by atoms with Crippen LogP contribution in [0.2, 0.25) is 0 Å². The highest BCUT2D eigenvalue weighted by molar-refractivity contribution is 5.50. The SMILES string of the molecule is Cc1cc([N+](=O)[O-])cnc1NC1CCCN(c2cnn(C)c2)C1. The van der Waals surface area contributed by atoms with Gasteiger partial charge in [0.2, 0.25) is 0 Å². The van der Waals surface area contributed by atoms with Crippen molar-refractivity contribution in [3.63, 3.8) is 0 Å². The highest BCUT2D eigenvalue weighted by Crippen LogP contribution is 2.23. The second-order valence-corrected chi connectivity index (χ2v) is 5.92. The first-order valence-electron chi connectivity index (χ1n) is 7.64. The lowest BCUT2D eigenvalue weighted by Gasteiger charge is -2.34. The quantitative estimate of drug-likeness (QED) is 0.686. The van der Waals surface area contributed by atoms with Gasteiger partial charge in [0.25, 0.3) is 5.69 Å². The molecule has 0 bridgehead atoms. The van der Waals surface area contributed by atoms with E-state index in [1.807, 2.05) is 26.4 Å². The molecular formula is C15H20N6O2. The number of pyridine rings is 1. The molecule has 23 heavy (non-hydrogen) atoms. The number of nitro groups is 1. The summed E-state index contributed by atoms with van der Waals surface area (Å²) in [6.07, 6.45) is 7.32. The predicted molar refractivity (Wildman–Crippen MR) is 87.7 cm³/mol. The smallest absolute Gasteiger partial charge is 0.287 e. The van der Waals surface area contributed by atoms with Crippen molar-refractivity contribution in [3.8, 4) is 0 Å². The van der Waals surface area contributed by atoms with Gasteiger partial charge in [0.1, 0.15) is 12.0 Å². The molecule has 0 aliphatic carbocycles. The minimum absolute atomic E-state index is 0.0219. The van der Waals surface area contributed by atoms with Gasteiger partial charge in [-0.15, -0.1) is 0 Å². The zero-order chi connectivity index (χ0) is 16.4. The van der Waals surface area contributed by atoms with E-state index in [2.05, 4.69) is 20.3 Å². The summed E-state index contributed by atoms with van der Waals surface area (Å²) in [4.78, 5) is 16.9. The molecule has 3 heterocycles. The fourth-order valence-electron chi connectivity index (χ4n) is 2.91. The van der Waals surface area contributed by atoms with Crippen molar-refractivity contribution >= 4 is 17.2 Å². The molecule has 3 rings (SSSR count). The summed E-state index contributed by atoms with van der Waals surface area (Å²) >= 11 is 0. The molecule has 8 heteroatoms. The number of piperidine rings is 1. The second kappa shape index (κ2) is 6.23. The summed E-state index contributed by atoms with van der Waals surface area (Å²) in [5, 5.41) is 18.4. The Morgan fingerprint density at radius 2 is 2.26 bits per heavy atom. The topological polar surface area (TPSA) is 89.1 Å². The Bertz CT molecular complexity index is 714. The molecule has 1 N–H and O–H groups in total. The Morgan fingerprint density at radius 3 is 2.91 bits per heavy atom. The molecule has 122 valence electrons. The zero-order valence-electron chi connectivity index (χ0n) is 13.3. The van der Waals surface area contributed by atoms with Gasteiger partial charge in [-0.2, -0.15) is 5.10 Å². The number of nitrogens with one attached hydrogen (secondary N) is 1. The van der Waals surface area contributed by atoms with E-state index in [0.717, 1.165) is 37.2 Å². The molecule has 2 aromatic rings. The van der Waals surface area contributed by atoms with Gasteiger partial charge in [-0.05, 0) is 25.3 Å². The minimum Gasteiger partial charge on any atom is -0.367 e. The van der Waals surface area contributed by atoms with E-state index in [1.165, 1.54) is 6.20 Å². The third-order valence-electron chi connectivity index (χ3n) is 4.09. The van der Waals surface area contributed by atoms with Crippen molar-refractivity contribution in [2.24, 2.45) is 7.05 Å². The molecule has 1 fully saturated rings. The first kappa shape index (κ1) is 15.3. The van der Waals surface area contributed by atoms with E-state index in [4.69, 9.17) is 0 Å². The van der Waals surface area contributed by atoms with E-state index in [1.54, 1.807) is 10.7 Å². The summed E-state index contributed by atoms with van der Waals surface area (Å²) in [5.41, 5.74) is 1.93. The van der Waals surface area contributed by atoms with Gasteiger partial charge in [0, 0.05) is 38.4 Å². The van der Waals surface area contributed by atoms with Gasteiger partial charge in [-0.3, -0.25) is 14.8 Å². The van der Waals surface area contributed by atoms with Crippen molar-refractivity contribution in [3.05, 3.63) is 40.3 Å². The molecule has 0 saturated carbocycles. The first-order valence-corrected chi connectivity index (χ1v) is 7.64. The molecule has 0 spiro atoms. The van der Waals surface area contributed by atoms with Crippen LogP contribution in [-0.2, 0) is 7.05 Å². The van der Waals surface area contributed by atoms with Gasteiger partial charge in [0.15, 0.2) is 0 Å². The Labute approximate surface area is 134 Å². The third kappa shape index (κ3) is 3.41. The molecule has 1 unspecified atom stereocenters. The number of hydrogen-bond acceptors (Lipinski definition) is 6. The largest absolute Gasteiger partial charge is 0.367 e. The van der Waals surface area contributed by atoms with Crippen LogP contribution in [0.25, 0.3) is 0 Å². The first-order chi connectivity index (χ1) is 11.0. The fraction of sp³-hybridized carbons (Fsp3) is 0.467. The molecule has 0 amide bonds. The average molecular weight is 316 g/mol. The van der Waals surface area contributed by atoms with Gasteiger partial charge in [-0.25, -0.2) is 4.98 Å². The Kier molecular flexibility index (Phi) is 4.14. The van der Waals surface area contributed by atoms with Crippen LogP contribution in [0.1, 0.15) is 18.4 Å². The van der Waals surface area contributed by atoms with Gasteiger partial charge in [-0.1, -0.05) is 0 Å². The molecule has 8 nitrogen and oxygen atoms in total. The van der Waals surface area contributed by atoms with E-state index >= 15 is 0 Å². The zero-order valence-corrected chi connectivity index (χ0v) is 13.3. The summed E-state index contributed by atoms with van der Waals surface area (Å²) in [6, 6.07) is 1.81. The van der Waals surface area contributed by atoms with Crippen LogP contribution >= 0.6 is 0 Å². The number of aryl methyl sites for hydroxylation is 2. The fourth-order valence-corrected chi connectivity index (χ4v) is 2.91.